The van der Waals surface area contributed by atoms with Crippen LogP contribution in [0, 0.1) is 5.92 Å². The highest BCUT2D eigenvalue weighted by molar-refractivity contribution is 6.99. The van der Waals surface area contributed by atoms with E-state index in [4.69, 9.17) is 18.6 Å². The van der Waals surface area contributed by atoms with Crippen molar-refractivity contribution in [3.05, 3.63) is 73.3 Å². The normalized spacial score (nSPS) is 15.0. The van der Waals surface area contributed by atoms with Gasteiger partial charge in [0.05, 0.1) is 25.4 Å². The van der Waals surface area contributed by atoms with Crippen molar-refractivity contribution in [1.29, 1.82) is 0 Å². The number of aliphatic hydroxyl groups is 1. The predicted octanol–water partition coefficient (Wildman–Crippen LogP) is 4.14. The van der Waals surface area contributed by atoms with Crippen molar-refractivity contribution in [2.24, 2.45) is 5.92 Å². The van der Waals surface area contributed by atoms with Crippen LogP contribution in [0.25, 0.3) is 0 Å². The largest absolute Gasteiger partial charge is 0.407 e. The van der Waals surface area contributed by atoms with Crippen LogP contribution in [0.5, 0.6) is 0 Å². The Labute approximate surface area is 206 Å². The van der Waals surface area contributed by atoms with Crippen LogP contribution in [0.2, 0.25) is 5.04 Å². The van der Waals surface area contributed by atoms with Gasteiger partial charge < -0.3 is 23.7 Å². The van der Waals surface area contributed by atoms with Gasteiger partial charge in [-0.05, 0) is 28.8 Å². The average molecular weight is 487 g/mol. The summed E-state index contributed by atoms with van der Waals surface area (Å²) in [5.74, 6) is -0.245. The standard InChI is InChI=1S/C28H42O5Si/c1-7-14-27(32-22-31-20-19-30-6)26(23(2)29)21-33-34(28(3,4)5,24-15-10-8-11-16-24)25-17-12-9-13-18-25/h7-13,15-18,23,26-27,29H,1,14,19-22H2,2-6H3/t23-,26+,27-/m0/s1. The van der Waals surface area contributed by atoms with Crippen molar-refractivity contribution in [3.63, 3.8) is 0 Å². The highest BCUT2D eigenvalue weighted by atomic mass is 28.4. The molecule has 2 aromatic rings. The fraction of sp³-hybridized carbons (Fsp3) is 0.500. The van der Waals surface area contributed by atoms with Gasteiger partial charge in [0.1, 0.15) is 6.79 Å². The van der Waals surface area contributed by atoms with Crippen molar-refractivity contribution in [2.75, 3.05) is 33.7 Å². The first-order chi connectivity index (χ1) is 16.3. The van der Waals surface area contributed by atoms with Gasteiger partial charge in [-0.25, -0.2) is 0 Å². The zero-order valence-electron chi connectivity index (χ0n) is 21.4. The van der Waals surface area contributed by atoms with Gasteiger partial charge in [0.25, 0.3) is 8.32 Å². The number of rotatable bonds is 15. The molecule has 188 valence electrons. The van der Waals surface area contributed by atoms with Gasteiger partial charge in [-0.2, -0.15) is 0 Å². The Bertz CT molecular complexity index is 780. The second-order valence-electron chi connectivity index (χ2n) is 9.63. The second kappa shape index (κ2) is 13.9. The monoisotopic (exact) mass is 486 g/mol. The summed E-state index contributed by atoms with van der Waals surface area (Å²) in [6.07, 6.45) is 1.51. The number of aliphatic hydroxyl groups excluding tert-OH is 1. The summed E-state index contributed by atoms with van der Waals surface area (Å²) >= 11 is 0. The fourth-order valence-electron chi connectivity index (χ4n) is 4.41. The smallest absolute Gasteiger partial charge is 0.261 e. The third kappa shape index (κ3) is 7.35. The minimum Gasteiger partial charge on any atom is -0.407 e. The van der Waals surface area contributed by atoms with E-state index >= 15 is 0 Å². The number of hydrogen-bond donors (Lipinski definition) is 1. The Hall–Kier alpha value is -1.80. The zero-order valence-corrected chi connectivity index (χ0v) is 22.4. The van der Waals surface area contributed by atoms with Crippen molar-refractivity contribution < 1.29 is 23.7 Å². The van der Waals surface area contributed by atoms with Crippen molar-refractivity contribution in [1.82, 2.24) is 0 Å². The van der Waals surface area contributed by atoms with E-state index in [1.165, 1.54) is 10.4 Å². The predicted molar refractivity (Wildman–Crippen MR) is 141 cm³/mol. The Kier molecular flexibility index (Phi) is 11.6. The maximum atomic E-state index is 10.8. The summed E-state index contributed by atoms with van der Waals surface area (Å²) in [6.45, 7) is 13.9. The molecule has 0 radical (unpaired) electrons. The van der Waals surface area contributed by atoms with E-state index in [1.807, 2.05) is 18.2 Å². The Morgan fingerprint density at radius 1 is 0.971 bits per heavy atom. The van der Waals surface area contributed by atoms with Gasteiger partial charge in [-0.15, -0.1) is 6.58 Å². The fourth-order valence-corrected chi connectivity index (χ4v) is 9.01. The molecule has 0 heterocycles. The highest BCUT2D eigenvalue weighted by Crippen LogP contribution is 2.37. The Morgan fingerprint density at radius 3 is 1.97 bits per heavy atom. The second-order valence-corrected chi connectivity index (χ2v) is 13.9. The summed E-state index contributed by atoms with van der Waals surface area (Å²) in [6, 6.07) is 21.0. The molecule has 3 atom stereocenters. The molecule has 34 heavy (non-hydrogen) atoms. The third-order valence-corrected chi connectivity index (χ3v) is 11.2. The van der Waals surface area contributed by atoms with Gasteiger partial charge >= 0.3 is 0 Å². The molecule has 0 aliphatic heterocycles. The van der Waals surface area contributed by atoms with Gasteiger partial charge in [0, 0.05) is 19.6 Å². The first kappa shape index (κ1) is 28.4. The maximum Gasteiger partial charge on any atom is 0.261 e. The molecular formula is C28H42O5Si. The van der Waals surface area contributed by atoms with Gasteiger partial charge in [0.15, 0.2) is 0 Å². The first-order valence-corrected chi connectivity index (χ1v) is 13.9. The van der Waals surface area contributed by atoms with Gasteiger partial charge in [-0.3, -0.25) is 0 Å². The topological polar surface area (TPSA) is 57.2 Å². The summed E-state index contributed by atoms with van der Waals surface area (Å²) in [4.78, 5) is 0. The lowest BCUT2D eigenvalue weighted by atomic mass is 9.95. The van der Waals surface area contributed by atoms with E-state index < -0.39 is 14.4 Å². The molecule has 5 nitrogen and oxygen atoms in total. The average Bonchev–Trinajstić information content (AvgIpc) is 2.81. The molecule has 0 aliphatic carbocycles. The molecular weight excluding hydrogens is 444 g/mol. The molecule has 0 fully saturated rings. The third-order valence-electron chi connectivity index (χ3n) is 6.20. The van der Waals surface area contributed by atoms with E-state index in [0.29, 0.717) is 26.2 Å². The SMILES string of the molecule is C=CC[C@H](OCOCCOC)[C@H](CO[Si](c1ccccc1)(c1ccccc1)C(C)(C)C)[C@H](C)O. The van der Waals surface area contributed by atoms with Gasteiger partial charge in [0.2, 0.25) is 0 Å². The highest BCUT2D eigenvalue weighted by Gasteiger charge is 2.50. The molecule has 2 aromatic carbocycles. The molecule has 1 N–H and O–H groups in total. The summed E-state index contributed by atoms with van der Waals surface area (Å²) < 4.78 is 23.7. The van der Waals surface area contributed by atoms with Gasteiger partial charge in [-0.1, -0.05) is 87.5 Å². The maximum absolute atomic E-state index is 10.8. The minimum atomic E-state index is -2.72. The number of hydrogen-bond acceptors (Lipinski definition) is 5. The van der Waals surface area contributed by atoms with Crippen LogP contribution in [0.1, 0.15) is 34.1 Å². The van der Waals surface area contributed by atoms with Crippen LogP contribution in [-0.2, 0) is 18.6 Å². The van der Waals surface area contributed by atoms with Crippen molar-refractivity contribution in [3.8, 4) is 0 Å². The quantitative estimate of drug-likeness (QED) is 0.177. The number of benzene rings is 2. The summed E-state index contributed by atoms with van der Waals surface area (Å²) in [5, 5.41) is 13.0. The van der Waals surface area contributed by atoms with Crippen LogP contribution in [0.15, 0.2) is 73.3 Å². The number of methoxy groups -OCH3 is 1. The van der Waals surface area contributed by atoms with Crippen LogP contribution >= 0.6 is 0 Å². The Morgan fingerprint density at radius 2 is 1.53 bits per heavy atom. The van der Waals surface area contributed by atoms with E-state index in [-0.39, 0.29) is 23.9 Å². The lowest BCUT2D eigenvalue weighted by molar-refractivity contribution is -0.129. The molecule has 2 rings (SSSR count). The summed E-state index contributed by atoms with van der Waals surface area (Å²) in [5.41, 5.74) is 0. The van der Waals surface area contributed by atoms with Crippen LogP contribution in [-0.4, -0.2) is 59.4 Å². The first-order valence-electron chi connectivity index (χ1n) is 12.0. The minimum absolute atomic E-state index is 0.129. The van der Waals surface area contributed by atoms with Crippen molar-refractivity contribution in [2.45, 2.75) is 51.4 Å². The number of ether oxygens (including phenoxy) is 3. The molecule has 0 amide bonds. The van der Waals surface area contributed by atoms with Crippen LogP contribution in [0.4, 0.5) is 0 Å². The van der Waals surface area contributed by atoms with Crippen LogP contribution in [0.3, 0.4) is 0 Å². The molecule has 0 aromatic heterocycles. The Balaban J connectivity index is 2.38. The summed E-state index contributed by atoms with van der Waals surface area (Å²) in [7, 11) is -1.08. The van der Waals surface area contributed by atoms with E-state index in [9.17, 15) is 5.11 Å². The van der Waals surface area contributed by atoms with E-state index in [2.05, 4.69) is 75.9 Å². The van der Waals surface area contributed by atoms with Crippen molar-refractivity contribution >= 4 is 18.7 Å². The molecule has 0 spiro atoms. The molecule has 0 saturated carbocycles. The zero-order chi connectivity index (χ0) is 25.0. The van der Waals surface area contributed by atoms with E-state index in [1.54, 1.807) is 14.0 Å². The molecule has 0 saturated heterocycles. The molecule has 0 unspecified atom stereocenters. The lowest BCUT2D eigenvalue weighted by Crippen LogP contribution is -2.67. The molecule has 6 heteroatoms. The molecule has 0 bridgehead atoms. The van der Waals surface area contributed by atoms with E-state index in [0.717, 1.165) is 0 Å². The lowest BCUT2D eigenvalue weighted by Gasteiger charge is -2.44. The van der Waals surface area contributed by atoms with Crippen LogP contribution < -0.4 is 10.4 Å². The molecule has 0 aliphatic rings.